The van der Waals surface area contributed by atoms with E-state index in [1.165, 1.54) is 36.0 Å². The molecular weight excluding hydrogens is 695 g/mol. The molecule has 0 spiro atoms. The molecule has 4 aromatic rings. The predicted octanol–water partition coefficient (Wildman–Crippen LogP) is 7.92. The number of para-hydroxylation sites is 2. The van der Waals surface area contributed by atoms with Crippen LogP contribution in [-0.4, -0.2) is 26.1 Å². The van der Waals surface area contributed by atoms with Crippen molar-refractivity contribution >= 4 is 84.6 Å². The molecule has 0 unspecified atom stereocenters. The van der Waals surface area contributed by atoms with Crippen LogP contribution in [0.25, 0.3) is 6.08 Å². The van der Waals surface area contributed by atoms with E-state index >= 15 is 0 Å². The van der Waals surface area contributed by atoms with Crippen molar-refractivity contribution in [1.82, 2.24) is 0 Å². The van der Waals surface area contributed by atoms with Crippen molar-refractivity contribution in [3.05, 3.63) is 116 Å². The van der Waals surface area contributed by atoms with Crippen LogP contribution in [-0.2, 0) is 14.9 Å². The third-order valence-electron chi connectivity index (χ3n) is 5.73. The van der Waals surface area contributed by atoms with Crippen LogP contribution in [0, 0.1) is 3.57 Å². The molecule has 0 aliphatic carbocycles. The molecule has 1 amide bonds. The fourth-order valence-electron chi connectivity index (χ4n) is 3.89. The highest BCUT2D eigenvalue weighted by Crippen LogP contribution is 2.40. The summed E-state index contributed by atoms with van der Waals surface area (Å²) in [7, 11) is -4.15. The van der Waals surface area contributed by atoms with E-state index in [2.05, 4.69) is 0 Å². The number of amides is 1. The molecule has 41 heavy (non-hydrogen) atoms. The summed E-state index contributed by atoms with van der Waals surface area (Å²) in [6, 6.07) is 27.8. The van der Waals surface area contributed by atoms with Crippen molar-refractivity contribution in [2.75, 3.05) is 11.5 Å². The molecule has 0 atom stereocenters. The fourth-order valence-corrected chi connectivity index (χ4v) is 6.86. The lowest BCUT2D eigenvalue weighted by atomic mass is 10.2. The Kier molecular flexibility index (Phi) is 9.03. The molecule has 1 aliphatic rings. The summed E-state index contributed by atoms with van der Waals surface area (Å²) in [6.45, 7) is 2.06. The van der Waals surface area contributed by atoms with Crippen LogP contribution < -0.4 is 13.8 Å². The number of rotatable bonds is 8. The number of anilines is 1. The zero-order valence-electron chi connectivity index (χ0n) is 21.5. The van der Waals surface area contributed by atoms with Gasteiger partial charge in [0.05, 0.1) is 26.5 Å². The van der Waals surface area contributed by atoms with Gasteiger partial charge >= 0.3 is 10.1 Å². The number of thioether (sulfide) groups is 1. The average Bonchev–Trinajstić information content (AvgIpc) is 3.25. The highest BCUT2D eigenvalue weighted by Gasteiger charge is 2.35. The lowest BCUT2D eigenvalue weighted by Crippen LogP contribution is -2.28. The Balaban J connectivity index is 1.52. The van der Waals surface area contributed by atoms with Gasteiger partial charge < -0.3 is 8.92 Å². The molecule has 0 bridgehead atoms. The summed E-state index contributed by atoms with van der Waals surface area (Å²) in [6.07, 6.45) is 1.73. The molecular formula is C30H22ClIN2O5S2. The molecule has 0 N–H and O–H groups in total. The van der Waals surface area contributed by atoms with Gasteiger partial charge in [0.2, 0.25) is 0 Å². The number of ether oxygens (including phenoxy) is 1. The molecule has 0 aromatic heterocycles. The molecule has 5 rings (SSSR count). The molecule has 11 heteroatoms. The van der Waals surface area contributed by atoms with Crippen molar-refractivity contribution < 1.29 is 22.1 Å². The van der Waals surface area contributed by atoms with E-state index in [-0.39, 0.29) is 28.9 Å². The molecule has 1 heterocycles. The number of aliphatic imine (C=N–C) groups is 1. The standard InChI is InChI=1S/C30H22ClIN2O5S2/c1-2-38-26-18-20(17-25(32)28(26)39-41(36,37)24-15-13-21(31)14-16-24)19-27-29(35)34(23-11-7-4-8-12-23)30(40-27)33-22-9-5-3-6-10-22/h3-19H,2H2,1H3/b27-19+,33-30?. The van der Waals surface area contributed by atoms with E-state index in [0.29, 0.717) is 29.9 Å². The van der Waals surface area contributed by atoms with Gasteiger partial charge in [0.15, 0.2) is 16.7 Å². The molecule has 0 saturated carbocycles. The van der Waals surface area contributed by atoms with Gasteiger partial charge in [-0.05, 0) is 114 Å². The quantitative estimate of drug-likeness (QED) is 0.105. The van der Waals surface area contributed by atoms with Crippen molar-refractivity contribution in [3.63, 3.8) is 0 Å². The number of hydrogen-bond donors (Lipinski definition) is 0. The summed E-state index contributed by atoms with van der Waals surface area (Å²) in [4.78, 5) is 20.4. The zero-order valence-corrected chi connectivity index (χ0v) is 26.1. The number of benzene rings is 4. The normalized spacial score (nSPS) is 15.5. The zero-order chi connectivity index (χ0) is 29.0. The number of halogens is 2. The van der Waals surface area contributed by atoms with Crippen molar-refractivity contribution in [3.8, 4) is 11.5 Å². The highest BCUT2D eigenvalue weighted by atomic mass is 127. The summed E-state index contributed by atoms with van der Waals surface area (Å²) < 4.78 is 37.8. The van der Waals surface area contributed by atoms with E-state index in [9.17, 15) is 13.2 Å². The second-order valence-corrected chi connectivity index (χ2v) is 12.7. The number of hydrogen-bond acceptors (Lipinski definition) is 7. The second kappa shape index (κ2) is 12.7. The maximum absolute atomic E-state index is 13.7. The third kappa shape index (κ3) is 6.78. The van der Waals surface area contributed by atoms with E-state index in [4.69, 9.17) is 25.5 Å². The van der Waals surface area contributed by atoms with Crippen molar-refractivity contribution in [2.24, 2.45) is 4.99 Å². The van der Waals surface area contributed by atoms with Gasteiger partial charge in [-0.15, -0.1) is 0 Å². The van der Waals surface area contributed by atoms with Crippen LogP contribution in [0.5, 0.6) is 11.5 Å². The first-order valence-corrected chi connectivity index (χ1v) is 16.0. The van der Waals surface area contributed by atoms with Gasteiger partial charge in [0.1, 0.15) is 4.90 Å². The lowest BCUT2D eigenvalue weighted by molar-refractivity contribution is -0.113. The van der Waals surface area contributed by atoms with E-state index in [1.807, 2.05) is 83.3 Å². The Bertz CT molecular complexity index is 1750. The lowest BCUT2D eigenvalue weighted by Gasteiger charge is -2.15. The van der Waals surface area contributed by atoms with Gasteiger partial charge in [-0.2, -0.15) is 8.42 Å². The summed E-state index contributed by atoms with van der Waals surface area (Å²) in [5, 5.41) is 0.931. The molecule has 1 saturated heterocycles. The maximum Gasteiger partial charge on any atom is 0.339 e. The Hall–Kier alpha value is -3.32. The Labute approximate surface area is 261 Å². The molecule has 1 fully saturated rings. The molecule has 1 aliphatic heterocycles. The van der Waals surface area contributed by atoms with Crippen LogP contribution in [0.1, 0.15) is 12.5 Å². The van der Waals surface area contributed by atoms with Crippen molar-refractivity contribution in [2.45, 2.75) is 11.8 Å². The molecule has 4 aromatic carbocycles. The SMILES string of the molecule is CCOc1cc(/C=C2/SC(=Nc3ccccc3)N(c3ccccc3)C2=O)cc(I)c1OS(=O)(=O)c1ccc(Cl)cc1. The number of carbonyl (C=O) groups is 1. The summed E-state index contributed by atoms with van der Waals surface area (Å²) in [5.41, 5.74) is 2.06. The molecule has 0 radical (unpaired) electrons. The number of nitrogens with zero attached hydrogens (tertiary/aromatic N) is 2. The minimum Gasteiger partial charge on any atom is -0.490 e. The Morgan fingerprint density at radius 2 is 1.63 bits per heavy atom. The van der Waals surface area contributed by atoms with Gasteiger partial charge in [0.25, 0.3) is 5.91 Å². The second-order valence-electron chi connectivity index (χ2n) is 8.57. The number of carbonyl (C=O) groups excluding carboxylic acids is 1. The summed E-state index contributed by atoms with van der Waals surface area (Å²) in [5.74, 6) is 0.0685. The van der Waals surface area contributed by atoms with Crippen LogP contribution in [0.2, 0.25) is 5.02 Å². The van der Waals surface area contributed by atoms with Gasteiger partial charge in [-0.1, -0.05) is 48.0 Å². The average molecular weight is 717 g/mol. The third-order valence-corrected chi connectivity index (χ3v) is 8.98. The molecule has 7 nitrogen and oxygen atoms in total. The fraction of sp³-hybridized carbons (Fsp3) is 0.0667. The van der Waals surface area contributed by atoms with Crippen LogP contribution >= 0.6 is 46.0 Å². The highest BCUT2D eigenvalue weighted by molar-refractivity contribution is 14.1. The minimum absolute atomic E-state index is 0.0365. The smallest absolute Gasteiger partial charge is 0.339 e. The van der Waals surface area contributed by atoms with Crippen molar-refractivity contribution in [1.29, 1.82) is 0 Å². The van der Waals surface area contributed by atoms with Gasteiger partial charge in [-0.3, -0.25) is 9.69 Å². The van der Waals surface area contributed by atoms with Gasteiger partial charge in [-0.25, -0.2) is 4.99 Å². The van der Waals surface area contributed by atoms with Crippen LogP contribution in [0.4, 0.5) is 11.4 Å². The maximum atomic E-state index is 13.7. The first-order chi connectivity index (χ1) is 19.7. The van der Waals surface area contributed by atoms with Crippen LogP contribution in [0.3, 0.4) is 0 Å². The first kappa shape index (κ1) is 29.2. The number of amidine groups is 1. The largest absolute Gasteiger partial charge is 0.490 e. The topological polar surface area (TPSA) is 85.3 Å². The van der Waals surface area contributed by atoms with E-state index in [0.717, 1.165) is 5.69 Å². The van der Waals surface area contributed by atoms with E-state index in [1.54, 1.807) is 30.0 Å². The first-order valence-electron chi connectivity index (χ1n) is 12.3. The Morgan fingerprint density at radius 3 is 2.29 bits per heavy atom. The van der Waals surface area contributed by atoms with Crippen LogP contribution in [0.15, 0.2) is 112 Å². The molecule has 208 valence electrons. The predicted molar refractivity (Wildman–Crippen MR) is 173 cm³/mol. The van der Waals surface area contributed by atoms with Gasteiger partial charge in [0, 0.05) is 5.02 Å². The summed E-state index contributed by atoms with van der Waals surface area (Å²) >= 11 is 9.16. The van der Waals surface area contributed by atoms with E-state index < -0.39 is 10.1 Å². The minimum atomic E-state index is -4.15. The Morgan fingerprint density at radius 1 is 0.976 bits per heavy atom. The monoisotopic (exact) mass is 716 g/mol.